The molecule has 0 spiro atoms. The Morgan fingerprint density at radius 1 is 1.18 bits per heavy atom. The maximum absolute atomic E-state index is 12.9. The number of hydrogen-bond donors (Lipinski definition) is 1. The highest BCUT2D eigenvalue weighted by atomic mass is 16.2. The molecule has 0 aromatic rings. The Hall–Kier alpha value is -1.10. The Morgan fingerprint density at radius 2 is 1.86 bits per heavy atom. The zero-order chi connectivity index (χ0) is 16.1. The molecule has 2 heterocycles. The summed E-state index contributed by atoms with van der Waals surface area (Å²) in [4.78, 5) is 29.0. The molecule has 1 saturated carbocycles. The van der Waals surface area contributed by atoms with E-state index < -0.39 is 0 Å². The van der Waals surface area contributed by atoms with Crippen molar-refractivity contribution in [3.05, 3.63) is 0 Å². The molecule has 2 amide bonds. The number of rotatable bonds is 2. The van der Waals surface area contributed by atoms with Gasteiger partial charge < -0.3 is 15.1 Å². The molecule has 0 aromatic heterocycles. The van der Waals surface area contributed by atoms with E-state index in [2.05, 4.69) is 33.0 Å². The van der Waals surface area contributed by atoms with Crippen molar-refractivity contribution < 1.29 is 9.59 Å². The molecule has 0 bridgehead atoms. The molecule has 2 aliphatic heterocycles. The molecule has 0 aromatic carbocycles. The minimum absolute atomic E-state index is 0.0852. The van der Waals surface area contributed by atoms with Crippen molar-refractivity contribution in [3.63, 3.8) is 0 Å². The highest BCUT2D eigenvalue weighted by molar-refractivity contribution is 5.84. The van der Waals surface area contributed by atoms with Gasteiger partial charge in [-0.05, 0) is 23.7 Å². The summed E-state index contributed by atoms with van der Waals surface area (Å²) >= 11 is 0. The van der Waals surface area contributed by atoms with Gasteiger partial charge in [0.2, 0.25) is 11.8 Å². The van der Waals surface area contributed by atoms with E-state index in [0.29, 0.717) is 19.0 Å². The second kappa shape index (κ2) is 5.22. The van der Waals surface area contributed by atoms with Crippen LogP contribution in [0, 0.1) is 16.7 Å². The monoisotopic (exact) mass is 307 g/mol. The molecule has 1 aliphatic carbocycles. The Bertz CT molecular complexity index is 472. The smallest absolute Gasteiger partial charge is 0.236 e. The maximum Gasteiger partial charge on any atom is 0.236 e. The summed E-state index contributed by atoms with van der Waals surface area (Å²) < 4.78 is 0. The van der Waals surface area contributed by atoms with E-state index in [1.165, 1.54) is 0 Å². The summed E-state index contributed by atoms with van der Waals surface area (Å²) in [6.07, 6.45) is 2.02. The van der Waals surface area contributed by atoms with E-state index in [4.69, 9.17) is 0 Å². The average molecular weight is 307 g/mol. The molecule has 3 rings (SSSR count). The second-order valence-corrected chi connectivity index (χ2v) is 8.22. The predicted molar refractivity (Wildman–Crippen MR) is 85.2 cm³/mol. The van der Waals surface area contributed by atoms with Crippen LogP contribution in [0.15, 0.2) is 0 Å². The van der Waals surface area contributed by atoms with E-state index in [-0.39, 0.29) is 28.7 Å². The van der Waals surface area contributed by atoms with Crippen LogP contribution in [0.5, 0.6) is 0 Å². The molecule has 2 saturated heterocycles. The van der Waals surface area contributed by atoms with Crippen LogP contribution in [-0.4, -0.2) is 60.4 Å². The maximum atomic E-state index is 12.9. The second-order valence-electron chi connectivity index (χ2n) is 8.22. The molecule has 1 N–H and O–H groups in total. The zero-order valence-corrected chi connectivity index (χ0v) is 14.3. The number of carbonyl (C=O) groups is 2. The Morgan fingerprint density at radius 3 is 2.45 bits per heavy atom. The van der Waals surface area contributed by atoms with Gasteiger partial charge in [0.05, 0.1) is 6.54 Å². The van der Waals surface area contributed by atoms with Crippen LogP contribution in [0.2, 0.25) is 0 Å². The van der Waals surface area contributed by atoms with E-state index in [0.717, 1.165) is 32.5 Å². The first-order valence-electron chi connectivity index (χ1n) is 8.56. The molecule has 124 valence electrons. The molecule has 5 heteroatoms. The molecule has 1 unspecified atom stereocenters. The van der Waals surface area contributed by atoms with Crippen LogP contribution in [0.1, 0.15) is 40.5 Å². The summed E-state index contributed by atoms with van der Waals surface area (Å²) in [5, 5.41) is 3.12. The lowest BCUT2D eigenvalue weighted by Gasteiger charge is -2.41. The van der Waals surface area contributed by atoms with Crippen molar-refractivity contribution in [2.24, 2.45) is 16.7 Å². The fourth-order valence-electron chi connectivity index (χ4n) is 4.41. The third kappa shape index (κ3) is 2.34. The van der Waals surface area contributed by atoms with E-state index >= 15 is 0 Å². The summed E-state index contributed by atoms with van der Waals surface area (Å²) in [5.74, 6) is 0.595. The molecule has 22 heavy (non-hydrogen) atoms. The van der Waals surface area contributed by atoms with Crippen LogP contribution in [0.4, 0.5) is 0 Å². The van der Waals surface area contributed by atoms with Crippen LogP contribution >= 0.6 is 0 Å². The highest BCUT2D eigenvalue weighted by Crippen LogP contribution is 2.68. The van der Waals surface area contributed by atoms with Gasteiger partial charge in [-0.1, -0.05) is 27.7 Å². The lowest BCUT2D eigenvalue weighted by atomic mass is 10.0. The molecule has 5 nitrogen and oxygen atoms in total. The minimum atomic E-state index is 0.0852. The molecular formula is C17H29N3O2. The fourth-order valence-corrected chi connectivity index (χ4v) is 4.41. The number of nitrogens with zero attached hydrogens (tertiary/aromatic N) is 2. The van der Waals surface area contributed by atoms with Gasteiger partial charge in [-0.2, -0.15) is 0 Å². The van der Waals surface area contributed by atoms with Gasteiger partial charge in [-0.3, -0.25) is 9.59 Å². The normalized spacial score (nSPS) is 31.3. The first kappa shape index (κ1) is 15.8. The predicted octanol–water partition coefficient (Wildman–Crippen LogP) is 1.09. The van der Waals surface area contributed by atoms with Crippen molar-refractivity contribution in [1.29, 1.82) is 0 Å². The van der Waals surface area contributed by atoms with E-state index in [9.17, 15) is 9.59 Å². The number of hydrogen-bond acceptors (Lipinski definition) is 3. The third-order valence-electron chi connectivity index (χ3n) is 6.54. The number of nitrogens with one attached hydrogen (secondary N) is 1. The zero-order valence-electron chi connectivity index (χ0n) is 14.3. The van der Waals surface area contributed by atoms with Crippen LogP contribution < -0.4 is 5.32 Å². The van der Waals surface area contributed by atoms with Gasteiger partial charge in [-0.15, -0.1) is 0 Å². The van der Waals surface area contributed by atoms with Crippen LogP contribution in [0.25, 0.3) is 0 Å². The largest absolute Gasteiger partial charge is 0.340 e. The lowest BCUT2D eigenvalue weighted by molar-refractivity contribution is -0.141. The van der Waals surface area contributed by atoms with Gasteiger partial charge in [0.25, 0.3) is 0 Å². The SMILES string of the molecule is CC1(C)C(C(=O)N2CCCC(N3CCNCC3=O)C2)C1(C)C. The Kier molecular flexibility index (Phi) is 3.75. The molecule has 1 atom stereocenters. The van der Waals surface area contributed by atoms with Gasteiger partial charge in [0, 0.05) is 38.1 Å². The quantitative estimate of drug-likeness (QED) is 0.831. The van der Waals surface area contributed by atoms with Gasteiger partial charge >= 0.3 is 0 Å². The first-order chi connectivity index (χ1) is 10.3. The molecule has 0 radical (unpaired) electrons. The molecule has 3 fully saturated rings. The summed E-state index contributed by atoms with van der Waals surface area (Å²) in [7, 11) is 0. The van der Waals surface area contributed by atoms with E-state index in [1.807, 2.05) is 9.80 Å². The van der Waals surface area contributed by atoms with Crippen molar-refractivity contribution in [3.8, 4) is 0 Å². The number of carbonyl (C=O) groups excluding carboxylic acids is 2. The number of piperazine rings is 1. The van der Waals surface area contributed by atoms with Gasteiger partial charge in [-0.25, -0.2) is 0 Å². The van der Waals surface area contributed by atoms with Crippen LogP contribution in [-0.2, 0) is 9.59 Å². The molecular weight excluding hydrogens is 278 g/mol. The topological polar surface area (TPSA) is 52.7 Å². The van der Waals surface area contributed by atoms with Crippen molar-refractivity contribution in [2.75, 3.05) is 32.7 Å². The van der Waals surface area contributed by atoms with Crippen molar-refractivity contribution >= 4 is 11.8 Å². The number of amides is 2. The summed E-state index contributed by atoms with van der Waals surface area (Å²) in [6.45, 7) is 12.4. The summed E-state index contributed by atoms with van der Waals surface area (Å²) in [5.41, 5.74) is 0.170. The number of piperidine rings is 1. The van der Waals surface area contributed by atoms with Gasteiger partial charge in [0.1, 0.15) is 0 Å². The summed E-state index contributed by atoms with van der Waals surface area (Å²) in [6, 6.07) is 0.206. The third-order valence-corrected chi connectivity index (χ3v) is 6.54. The molecule has 3 aliphatic rings. The average Bonchev–Trinajstić information content (AvgIpc) is 2.88. The standard InChI is InChI=1S/C17H29N3O2/c1-16(2)14(17(16,3)4)15(22)19-8-5-6-12(11-19)20-9-7-18-10-13(20)21/h12,14,18H,5-11H2,1-4H3. The van der Waals surface area contributed by atoms with Crippen LogP contribution in [0.3, 0.4) is 0 Å². The number of likely N-dealkylation sites (tertiary alicyclic amines) is 1. The Balaban J connectivity index is 1.66. The minimum Gasteiger partial charge on any atom is -0.340 e. The Labute approximate surface area is 133 Å². The van der Waals surface area contributed by atoms with E-state index in [1.54, 1.807) is 0 Å². The fraction of sp³-hybridized carbons (Fsp3) is 0.882. The lowest BCUT2D eigenvalue weighted by Crippen LogP contribution is -2.57. The van der Waals surface area contributed by atoms with Crippen molar-refractivity contribution in [1.82, 2.24) is 15.1 Å². The first-order valence-corrected chi connectivity index (χ1v) is 8.56. The highest BCUT2D eigenvalue weighted by Gasteiger charge is 2.68. The van der Waals surface area contributed by atoms with Crippen molar-refractivity contribution in [2.45, 2.75) is 46.6 Å². The van der Waals surface area contributed by atoms with Gasteiger partial charge in [0.15, 0.2) is 0 Å².